The molecule has 0 atom stereocenters. The minimum Gasteiger partial charge on any atom is -0.337 e. The summed E-state index contributed by atoms with van der Waals surface area (Å²) in [4.78, 5) is 32.9. The van der Waals surface area contributed by atoms with Crippen LogP contribution in [-0.2, 0) is 0 Å². The Morgan fingerprint density at radius 3 is 2.21 bits per heavy atom. The van der Waals surface area contributed by atoms with Crippen LogP contribution >= 0.6 is 15.9 Å². The van der Waals surface area contributed by atoms with Gasteiger partial charge < -0.3 is 9.80 Å². The number of carbonyl (C=O) groups is 2. The van der Waals surface area contributed by atoms with Crippen LogP contribution in [0.5, 0.6) is 0 Å². The molecular formula is C18H18BrN3O2. The molecule has 1 saturated heterocycles. The van der Waals surface area contributed by atoms with E-state index in [1.807, 2.05) is 29.2 Å². The molecule has 6 heteroatoms. The number of halogens is 1. The molecule has 2 aromatic rings. The van der Waals surface area contributed by atoms with Crippen LogP contribution in [-0.4, -0.2) is 52.8 Å². The predicted molar refractivity (Wildman–Crippen MR) is 94.8 cm³/mol. The first-order valence-electron chi connectivity index (χ1n) is 7.91. The van der Waals surface area contributed by atoms with Gasteiger partial charge in [-0.3, -0.25) is 14.6 Å². The molecular weight excluding hydrogens is 370 g/mol. The van der Waals surface area contributed by atoms with Crippen molar-refractivity contribution in [1.29, 1.82) is 0 Å². The van der Waals surface area contributed by atoms with Crippen molar-refractivity contribution in [3.63, 3.8) is 0 Å². The molecule has 0 N–H and O–H groups in total. The smallest absolute Gasteiger partial charge is 0.272 e. The van der Waals surface area contributed by atoms with E-state index in [4.69, 9.17) is 0 Å². The van der Waals surface area contributed by atoms with Crippen molar-refractivity contribution in [3.05, 3.63) is 64.4 Å². The Morgan fingerprint density at radius 1 is 0.875 bits per heavy atom. The third-order valence-corrected chi connectivity index (χ3v) is 4.75. The first-order chi connectivity index (χ1) is 11.7. The van der Waals surface area contributed by atoms with Crippen molar-refractivity contribution < 1.29 is 9.59 Å². The summed E-state index contributed by atoms with van der Waals surface area (Å²) in [6.45, 7) is 2.33. The maximum atomic E-state index is 12.7. The average Bonchev–Trinajstić information content (AvgIpc) is 2.88. The summed E-state index contributed by atoms with van der Waals surface area (Å²) in [5, 5.41) is 0. The zero-order valence-electron chi connectivity index (χ0n) is 13.2. The second-order valence-corrected chi connectivity index (χ2v) is 6.49. The molecule has 3 rings (SSSR count). The first-order valence-corrected chi connectivity index (χ1v) is 8.70. The number of pyridine rings is 1. The zero-order chi connectivity index (χ0) is 16.9. The molecule has 0 radical (unpaired) electrons. The van der Waals surface area contributed by atoms with Gasteiger partial charge in [0.2, 0.25) is 0 Å². The summed E-state index contributed by atoms with van der Waals surface area (Å²) >= 11 is 3.43. The van der Waals surface area contributed by atoms with Gasteiger partial charge in [0.05, 0.1) is 5.56 Å². The highest BCUT2D eigenvalue weighted by Gasteiger charge is 2.24. The first kappa shape index (κ1) is 16.6. The lowest BCUT2D eigenvalue weighted by molar-refractivity contribution is 0.0715. The second kappa shape index (κ2) is 7.57. The maximum absolute atomic E-state index is 12.7. The van der Waals surface area contributed by atoms with E-state index in [2.05, 4.69) is 20.9 Å². The number of nitrogens with zero attached hydrogens (tertiary/aromatic N) is 3. The molecule has 1 aliphatic rings. The van der Waals surface area contributed by atoms with Gasteiger partial charge in [0.25, 0.3) is 11.8 Å². The van der Waals surface area contributed by atoms with Gasteiger partial charge in [-0.2, -0.15) is 0 Å². The minimum atomic E-state index is -0.0780. The van der Waals surface area contributed by atoms with Crippen molar-refractivity contribution in [2.45, 2.75) is 6.42 Å². The normalized spacial score (nSPS) is 15.0. The fourth-order valence-corrected chi connectivity index (χ4v) is 3.23. The molecule has 1 aliphatic heterocycles. The number of amides is 2. The van der Waals surface area contributed by atoms with E-state index in [0.29, 0.717) is 37.4 Å². The Kier molecular flexibility index (Phi) is 5.25. The minimum absolute atomic E-state index is 0.00499. The molecule has 0 spiro atoms. The van der Waals surface area contributed by atoms with Gasteiger partial charge in [-0.05, 0) is 46.6 Å². The number of hydrogen-bond donors (Lipinski definition) is 0. The Labute approximate surface area is 149 Å². The van der Waals surface area contributed by atoms with Crippen molar-refractivity contribution in [2.24, 2.45) is 0 Å². The number of rotatable bonds is 2. The monoisotopic (exact) mass is 387 g/mol. The van der Waals surface area contributed by atoms with E-state index in [-0.39, 0.29) is 11.8 Å². The fourth-order valence-electron chi connectivity index (χ4n) is 2.78. The molecule has 0 unspecified atom stereocenters. The molecule has 1 fully saturated rings. The van der Waals surface area contributed by atoms with Crippen LogP contribution < -0.4 is 0 Å². The van der Waals surface area contributed by atoms with Gasteiger partial charge in [-0.15, -0.1) is 0 Å². The van der Waals surface area contributed by atoms with Crippen LogP contribution in [0.15, 0.2) is 53.1 Å². The lowest BCUT2D eigenvalue weighted by atomic mass is 10.2. The van der Waals surface area contributed by atoms with Gasteiger partial charge in [0, 0.05) is 36.8 Å². The quantitative estimate of drug-likeness (QED) is 0.795. The molecule has 2 amide bonds. The SMILES string of the molecule is O=C(c1ccccn1)N1CCCN(C(=O)c2ccccc2Br)CC1. The van der Waals surface area contributed by atoms with Gasteiger partial charge in [-0.25, -0.2) is 0 Å². The summed E-state index contributed by atoms with van der Waals surface area (Å²) in [7, 11) is 0. The lowest BCUT2D eigenvalue weighted by Crippen LogP contribution is -2.37. The highest BCUT2D eigenvalue weighted by atomic mass is 79.9. The standard InChI is InChI=1S/C18H18BrN3O2/c19-15-7-2-1-6-14(15)17(23)21-10-5-11-22(13-12-21)18(24)16-8-3-4-9-20-16/h1-4,6-9H,5,10-13H2. The second-order valence-electron chi connectivity index (χ2n) is 5.63. The molecule has 5 nitrogen and oxygen atoms in total. The molecule has 0 bridgehead atoms. The van der Waals surface area contributed by atoms with E-state index in [1.54, 1.807) is 29.3 Å². The average molecular weight is 388 g/mol. The molecule has 24 heavy (non-hydrogen) atoms. The molecule has 0 aliphatic carbocycles. The molecule has 1 aromatic heterocycles. The van der Waals surface area contributed by atoms with E-state index in [1.165, 1.54) is 0 Å². The summed E-state index contributed by atoms with van der Waals surface area (Å²) < 4.78 is 0.792. The molecule has 0 saturated carbocycles. The third kappa shape index (κ3) is 3.64. The summed E-state index contributed by atoms with van der Waals surface area (Å²) in [6.07, 6.45) is 2.38. The Bertz CT molecular complexity index is 736. The number of benzene rings is 1. The van der Waals surface area contributed by atoms with Crippen LogP contribution in [0.3, 0.4) is 0 Å². The summed E-state index contributed by atoms with van der Waals surface area (Å²) in [5.74, 6) is -0.0830. The Balaban J connectivity index is 1.68. The number of aromatic nitrogens is 1. The predicted octanol–water partition coefficient (Wildman–Crippen LogP) is 2.83. The molecule has 2 heterocycles. The van der Waals surface area contributed by atoms with Crippen molar-refractivity contribution >= 4 is 27.7 Å². The molecule has 124 valence electrons. The van der Waals surface area contributed by atoms with Crippen LogP contribution in [0.2, 0.25) is 0 Å². The van der Waals surface area contributed by atoms with Crippen molar-refractivity contribution in [2.75, 3.05) is 26.2 Å². The van der Waals surface area contributed by atoms with Gasteiger partial charge in [-0.1, -0.05) is 18.2 Å². The summed E-state index contributed by atoms with van der Waals surface area (Å²) in [6, 6.07) is 12.7. The highest BCUT2D eigenvalue weighted by Crippen LogP contribution is 2.19. The topological polar surface area (TPSA) is 53.5 Å². The maximum Gasteiger partial charge on any atom is 0.272 e. The van der Waals surface area contributed by atoms with Crippen molar-refractivity contribution in [3.8, 4) is 0 Å². The Hall–Kier alpha value is -2.21. The zero-order valence-corrected chi connectivity index (χ0v) is 14.8. The summed E-state index contributed by atoms with van der Waals surface area (Å²) in [5.41, 5.74) is 1.10. The van der Waals surface area contributed by atoms with Crippen LogP contribution in [0.4, 0.5) is 0 Å². The largest absolute Gasteiger partial charge is 0.337 e. The van der Waals surface area contributed by atoms with E-state index < -0.39 is 0 Å². The third-order valence-electron chi connectivity index (χ3n) is 4.06. The van der Waals surface area contributed by atoms with E-state index >= 15 is 0 Å². The van der Waals surface area contributed by atoms with Crippen LogP contribution in [0.25, 0.3) is 0 Å². The fraction of sp³-hybridized carbons (Fsp3) is 0.278. The van der Waals surface area contributed by atoms with Gasteiger partial charge in [0.15, 0.2) is 0 Å². The van der Waals surface area contributed by atoms with Gasteiger partial charge >= 0.3 is 0 Å². The highest BCUT2D eigenvalue weighted by molar-refractivity contribution is 9.10. The van der Waals surface area contributed by atoms with Crippen LogP contribution in [0, 0.1) is 0 Å². The van der Waals surface area contributed by atoms with E-state index in [0.717, 1.165) is 10.9 Å². The Morgan fingerprint density at radius 2 is 1.54 bits per heavy atom. The lowest BCUT2D eigenvalue weighted by Gasteiger charge is -2.22. The number of hydrogen-bond acceptors (Lipinski definition) is 3. The molecule has 1 aromatic carbocycles. The number of carbonyl (C=O) groups excluding carboxylic acids is 2. The van der Waals surface area contributed by atoms with E-state index in [9.17, 15) is 9.59 Å². The van der Waals surface area contributed by atoms with Gasteiger partial charge in [0.1, 0.15) is 5.69 Å². The van der Waals surface area contributed by atoms with Crippen LogP contribution in [0.1, 0.15) is 27.3 Å². The van der Waals surface area contributed by atoms with Crippen molar-refractivity contribution in [1.82, 2.24) is 14.8 Å².